The quantitative estimate of drug-likeness (QED) is 0.286. The Morgan fingerprint density at radius 3 is 2.44 bits per heavy atom. The number of nitrogens with zero attached hydrogens (tertiary/aromatic N) is 3. The van der Waals surface area contributed by atoms with Crippen molar-refractivity contribution < 1.29 is 28.2 Å². The van der Waals surface area contributed by atoms with Crippen LogP contribution in [0.2, 0.25) is 0 Å². The molecule has 0 atom stereocenters. The first-order valence-corrected chi connectivity index (χ1v) is 14.2. The van der Waals surface area contributed by atoms with Gasteiger partial charge in [0.25, 0.3) is 11.5 Å². The third-order valence-corrected chi connectivity index (χ3v) is 8.02. The Bertz CT molecular complexity index is 1770. The van der Waals surface area contributed by atoms with E-state index in [1.807, 2.05) is 0 Å². The Hall–Kier alpha value is -4.93. The number of methoxy groups -OCH3 is 2. The number of carbonyl (C=O) groups is 2. The lowest BCUT2D eigenvalue weighted by Crippen LogP contribution is -2.39. The molecule has 2 aliphatic rings. The fourth-order valence-corrected chi connectivity index (χ4v) is 5.87. The summed E-state index contributed by atoms with van der Waals surface area (Å²) < 4.78 is 32.4. The van der Waals surface area contributed by atoms with Crippen molar-refractivity contribution in [2.75, 3.05) is 30.6 Å². The van der Waals surface area contributed by atoms with Gasteiger partial charge in [0, 0.05) is 54.6 Å². The number of nitrogens with one attached hydrogen (secondary N) is 1. The van der Waals surface area contributed by atoms with E-state index in [9.17, 15) is 14.4 Å². The molecule has 43 heavy (non-hydrogen) atoms. The molecular weight excluding hydrogens is 555 g/mol. The summed E-state index contributed by atoms with van der Waals surface area (Å²) in [4.78, 5) is 48.8. The molecule has 1 aliphatic carbocycles. The zero-order valence-corrected chi connectivity index (χ0v) is 23.9. The van der Waals surface area contributed by atoms with Gasteiger partial charge < -0.3 is 29.0 Å². The molecule has 0 spiro atoms. The molecule has 0 radical (unpaired) electrons. The van der Waals surface area contributed by atoms with Crippen LogP contribution in [0.5, 0.6) is 23.0 Å². The maximum Gasteiger partial charge on any atom is 0.271 e. The van der Waals surface area contributed by atoms with Gasteiger partial charge in [-0.2, -0.15) is 0 Å². The third kappa shape index (κ3) is 5.38. The van der Waals surface area contributed by atoms with Crippen LogP contribution in [0.15, 0.2) is 59.7 Å². The minimum absolute atomic E-state index is 0.0243. The Labute approximate surface area is 247 Å². The number of hydrogen-bond donors (Lipinski definition) is 1. The summed E-state index contributed by atoms with van der Waals surface area (Å²) in [6, 6.07) is 10.8. The second-order valence-electron chi connectivity index (χ2n) is 10.6. The first-order valence-electron chi connectivity index (χ1n) is 14.2. The average molecular weight is 587 g/mol. The van der Waals surface area contributed by atoms with Crippen LogP contribution in [0.1, 0.15) is 48.9 Å². The Balaban J connectivity index is 1.33. The summed E-state index contributed by atoms with van der Waals surface area (Å²) in [5.41, 5.74) is 0.883. The fourth-order valence-electron chi connectivity index (χ4n) is 5.87. The number of benzene rings is 2. The van der Waals surface area contributed by atoms with Crippen molar-refractivity contribution in [1.82, 2.24) is 9.97 Å². The van der Waals surface area contributed by atoms with E-state index in [1.54, 1.807) is 35.4 Å². The fraction of sp³-hybridized carbons (Fsp3) is 0.312. The molecule has 1 saturated carbocycles. The highest BCUT2D eigenvalue weighted by atomic mass is 19.1. The van der Waals surface area contributed by atoms with Crippen LogP contribution in [0.3, 0.4) is 0 Å². The number of rotatable bonds is 8. The number of aromatic amines is 1. The number of anilines is 2. The maximum absolute atomic E-state index is 15.7. The number of H-pyrrole nitrogens is 1. The van der Waals surface area contributed by atoms with Crippen LogP contribution in [-0.2, 0) is 4.79 Å². The third-order valence-electron chi connectivity index (χ3n) is 8.02. The van der Waals surface area contributed by atoms with E-state index in [1.165, 1.54) is 43.5 Å². The van der Waals surface area contributed by atoms with Crippen LogP contribution in [0.4, 0.5) is 15.8 Å². The van der Waals surface area contributed by atoms with E-state index in [0.717, 1.165) is 25.7 Å². The largest absolute Gasteiger partial charge is 0.493 e. The monoisotopic (exact) mass is 586 g/mol. The molecule has 1 saturated heterocycles. The van der Waals surface area contributed by atoms with Crippen LogP contribution in [-0.4, -0.2) is 48.6 Å². The van der Waals surface area contributed by atoms with Crippen LogP contribution >= 0.6 is 0 Å². The maximum atomic E-state index is 15.7. The highest BCUT2D eigenvalue weighted by molar-refractivity contribution is 6.07. The molecule has 11 heteroatoms. The van der Waals surface area contributed by atoms with Crippen molar-refractivity contribution in [2.24, 2.45) is 0 Å². The number of aromatic nitrogens is 2. The normalized spacial score (nSPS) is 15.2. The Morgan fingerprint density at radius 1 is 0.977 bits per heavy atom. The predicted molar refractivity (Wildman–Crippen MR) is 159 cm³/mol. The first kappa shape index (κ1) is 28.2. The number of pyridine rings is 2. The van der Waals surface area contributed by atoms with Gasteiger partial charge in [0.15, 0.2) is 23.1 Å². The first-order chi connectivity index (χ1) is 20.9. The molecule has 0 bridgehead atoms. The number of carbonyl (C=O) groups excluding carboxylic acids is 2. The summed E-state index contributed by atoms with van der Waals surface area (Å²) in [5.74, 6) is 0.151. The molecule has 10 nitrogen and oxygen atoms in total. The summed E-state index contributed by atoms with van der Waals surface area (Å²) in [6.45, 7) is 0.422. The van der Waals surface area contributed by atoms with Crippen molar-refractivity contribution in [1.29, 1.82) is 0 Å². The average Bonchev–Trinajstić information content (AvgIpc) is 3.70. The predicted octanol–water partition coefficient (Wildman–Crippen LogP) is 5.59. The minimum Gasteiger partial charge on any atom is -0.493 e. The lowest BCUT2D eigenvalue weighted by atomic mass is 10.1. The van der Waals surface area contributed by atoms with Crippen LogP contribution < -0.4 is 29.6 Å². The molecule has 1 aliphatic heterocycles. The molecule has 3 heterocycles. The molecule has 6 rings (SSSR count). The van der Waals surface area contributed by atoms with Gasteiger partial charge in [0.2, 0.25) is 5.91 Å². The molecule has 4 aromatic rings. The van der Waals surface area contributed by atoms with Gasteiger partial charge in [0.1, 0.15) is 11.4 Å². The van der Waals surface area contributed by atoms with E-state index in [-0.39, 0.29) is 34.9 Å². The van der Waals surface area contributed by atoms with Gasteiger partial charge in [-0.25, -0.2) is 4.39 Å². The van der Waals surface area contributed by atoms with E-state index in [4.69, 9.17) is 14.2 Å². The molecule has 0 unspecified atom stereocenters. The summed E-state index contributed by atoms with van der Waals surface area (Å²) in [7, 11) is 3.06. The zero-order chi connectivity index (χ0) is 30.1. The SMILES string of the molecule is COc1cc2nccc(Oc3ccc(N(C(=O)c4c[nH]c(=O)c(N5CCCC5=O)c4)C4CCCC4)cc3F)c2cc1OC. The van der Waals surface area contributed by atoms with Gasteiger partial charge in [0.05, 0.1) is 25.3 Å². The second-order valence-corrected chi connectivity index (χ2v) is 10.6. The number of amides is 2. The van der Waals surface area contributed by atoms with Crippen molar-refractivity contribution in [2.45, 2.75) is 44.6 Å². The minimum atomic E-state index is -0.649. The van der Waals surface area contributed by atoms with Gasteiger partial charge in [-0.1, -0.05) is 12.8 Å². The molecule has 2 aromatic carbocycles. The van der Waals surface area contributed by atoms with Crippen molar-refractivity contribution in [3.05, 3.63) is 76.6 Å². The van der Waals surface area contributed by atoms with Crippen molar-refractivity contribution in [3.63, 3.8) is 0 Å². The standard InChI is InChI=1S/C32H31FN4O6/c1-41-28-16-22-24(17-29(28)42-2)34-12-11-26(22)43-27-10-9-21(15-23(27)33)37(20-6-3-4-7-20)32(40)19-14-25(31(39)35-18-19)36-13-5-8-30(36)38/h9-12,14-18,20H,3-8,13H2,1-2H3,(H,35,39). The molecule has 2 aromatic heterocycles. The summed E-state index contributed by atoms with van der Waals surface area (Å²) in [5, 5.41) is 0.608. The molecule has 2 fully saturated rings. The number of ether oxygens (including phenoxy) is 3. The Morgan fingerprint density at radius 2 is 1.74 bits per heavy atom. The number of halogens is 1. The Kier molecular flexibility index (Phi) is 7.71. The van der Waals surface area contributed by atoms with Crippen molar-refractivity contribution >= 4 is 34.1 Å². The van der Waals surface area contributed by atoms with Gasteiger partial charge >= 0.3 is 0 Å². The zero-order valence-electron chi connectivity index (χ0n) is 23.9. The summed E-state index contributed by atoms with van der Waals surface area (Å²) >= 11 is 0. The molecule has 1 N–H and O–H groups in total. The molecule has 222 valence electrons. The lowest BCUT2D eigenvalue weighted by Gasteiger charge is -2.30. The molecule has 2 amide bonds. The van der Waals surface area contributed by atoms with E-state index in [2.05, 4.69) is 9.97 Å². The van der Waals surface area contributed by atoms with Crippen LogP contribution in [0, 0.1) is 5.82 Å². The highest BCUT2D eigenvalue weighted by Gasteiger charge is 2.31. The van der Waals surface area contributed by atoms with E-state index in [0.29, 0.717) is 53.2 Å². The number of fused-ring (bicyclic) bond motifs is 1. The van der Waals surface area contributed by atoms with Gasteiger partial charge in [-0.15, -0.1) is 0 Å². The topological polar surface area (TPSA) is 114 Å². The molecular formula is C32H31FN4O6. The smallest absolute Gasteiger partial charge is 0.271 e. The van der Waals surface area contributed by atoms with E-state index < -0.39 is 11.4 Å². The van der Waals surface area contributed by atoms with Crippen LogP contribution in [0.25, 0.3) is 10.9 Å². The van der Waals surface area contributed by atoms with E-state index >= 15 is 4.39 Å². The van der Waals surface area contributed by atoms with Gasteiger partial charge in [-0.05, 0) is 49.6 Å². The highest BCUT2D eigenvalue weighted by Crippen LogP contribution is 2.38. The lowest BCUT2D eigenvalue weighted by molar-refractivity contribution is -0.117. The van der Waals surface area contributed by atoms with Crippen molar-refractivity contribution in [3.8, 4) is 23.0 Å². The second kappa shape index (κ2) is 11.7. The number of hydrogen-bond acceptors (Lipinski definition) is 7. The summed E-state index contributed by atoms with van der Waals surface area (Å²) in [6.07, 6.45) is 7.33. The van der Waals surface area contributed by atoms with Gasteiger partial charge in [-0.3, -0.25) is 19.4 Å².